The van der Waals surface area contributed by atoms with Crippen molar-refractivity contribution in [3.8, 4) is 0 Å². The topological polar surface area (TPSA) is 47.9 Å². The first kappa shape index (κ1) is 11.0. The second kappa shape index (κ2) is 5.63. The summed E-state index contributed by atoms with van der Waals surface area (Å²) in [4.78, 5) is 0. The average molecular weight is 197 g/mol. The minimum absolute atomic E-state index is 0.515. The Morgan fingerprint density at radius 3 is 2.73 bits per heavy atom. The van der Waals surface area contributed by atoms with Crippen molar-refractivity contribution in [1.82, 2.24) is 0 Å². The Bertz CT molecular complexity index is 165. The first-order chi connectivity index (χ1) is 5.18. The molecule has 0 radical (unpaired) electrons. The predicted molar refractivity (Wildman–Crippen MR) is 48.2 cm³/mol. The maximum atomic E-state index is 11.3. The SMILES string of the molecule is CCOC=NP(=O)(OC)SC. The van der Waals surface area contributed by atoms with E-state index >= 15 is 0 Å². The molecule has 0 N–H and O–H groups in total. The third kappa shape index (κ3) is 4.45. The van der Waals surface area contributed by atoms with Crippen molar-refractivity contribution in [2.75, 3.05) is 20.0 Å². The second-order valence-electron chi connectivity index (χ2n) is 1.51. The third-order valence-electron chi connectivity index (χ3n) is 0.891. The molecule has 0 bridgehead atoms. The molecular formula is C5H12NO3PS. The summed E-state index contributed by atoms with van der Waals surface area (Å²) >= 11 is 1.08. The van der Waals surface area contributed by atoms with Gasteiger partial charge in [0.05, 0.1) is 6.61 Å². The first-order valence-corrected chi connectivity index (χ1v) is 6.46. The molecule has 0 rings (SSSR count). The molecule has 0 amide bonds. The van der Waals surface area contributed by atoms with E-state index in [0.29, 0.717) is 6.61 Å². The first-order valence-electron chi connectivity index (χ1n) is 3.05. The van der Waals surface area contributed by atoms with Gasteiger partial charge in [0.15, 0.2) is 6.40 Å². The van der Waals surface area contributed by atoms with E-state index < -0.39 is 6.72 Å². The highest BCUT2D eigenvalue weighted by atomic mass is 32.7. The molecule has 0 aromatic rings. The largest absolute Gasteiger partial charge is 0.483 e. The van der Waals surface area contributed by atoms with E-state index in [0.717, 1.165) is 11.4 Å². The molecule has 0 aliphatic rings. The van der Waals surface area contributed by atoms with Gasteiger partial charge in [0, 0.05) is 7.11 Å². The Morgan fingerprint density at radius 1 is 1.73 bits per heavy atom. The van der Waals surface area contributed by atoms with Gasteiger partial charge < -0.3 is 9.26 Å². The van der Waals surface area contributed by atoms with Gasteiger partial charge in [-0.05, 0) is 24.6 Å². The van der Waals surface area contributed by atoms with Gasteiger partial charge in [-0.2, -0.15) is 4.76 Å². The Morgan fingerprint density at radius 2 is 2.36 bits per heavy atom. The summed E-state index contributed by atoms with van der Waals surface area (Å²) in [6.07, 6.45) is 2.84. The van der Waals surface area contributed by atoms with E-state index in [1.807, 2.05) is 6.92 Å². The van der Waals surface area contributed by atoms with Crippen LogP contribution in [-0.2, 0) is 13.8 Å². The van der Waals surface area contributed by atoms with Crippen molar-refractivity contribution in [3.63, 3.8) is 0 Å². The van der Waals surface area contributed by atoms with Crippen LogP contribution in [0.15, 0.2) is 4.76 Å². The van der Waals surface area contributed by atoms with Crippen molar-refractivity contribution in [2.24, 2.45) is 4.76 Å². The molecule has 11 heavy (non-hydrogen) atoms. The second-order valence-corrected chi connectivity index (χ2v) is 5.89. The fraction of sp³-hybridized carbons (Fsp3) is 0.800. The van der Waals surface area contributed by atoms with Gasteiger partial charge in [0.2, 0.25) is 0 Å². The monoisotopic (exact) mass is 197 g/mol. The predicted octanol–water partition coefficient (Wildman–Crippen LogP) is 2.17. The molecule has 0 saturated heterocycles. The molecule has 0 aromatic heterocycles. The minimum Gasteiger partial charge on any atom is -0.483 e. The molecule has 0 aromatic carbocycles. The zero-order valence-corrected chi connectivity index (χ0v) is 8.52. The van der Waals surface area contributed by atoms with Crippen LogP contribution in [-0.4, -0.2) is 26.4 Å². The normalized spacial score (nSPS) is 16.6. The van der Waals surface area contributed by atoms with Crippen LogP contribution in [0.1, 0.15) is 6.92 Å². The van der Waals surface area contributed by atoms with Crippen LogP contribution in [0.25, 0.3) is 0 Å². The van der Waals surface area contributed by atoms with E-state index in [2.05, 4.69) is 9.29 Å². The smallest absolute Gasteiger partial charge is 0.373 e. The van der Waals surface area contributed by atoms with Crippen LogP contribution in [0.5, 0.6) is 0 Å². The van der Waals surface area contributed by atoms with E-state index in [1.165, 1.54) is 13.5 Å². The van der Waals surface area contributed by atoms with Crippen LogP contribution >= 0.6 is 18.1 Å². The molecule has 0 fully saturated rings. The zero-order chi connectivity index (χ0) is 8.74. The van der Waals surface area contributed by atoms with Gasteiger partial charge in [-0.25, -0.2) is 0 Å². The summed E-state index contributed by atoms with van der Waals surface area (Å²) in [6.45, 7) is -0.512. The maximum Gasteiger partial charge on any atom is 0.373 e. The standard InChI is InChI=1S/C5H12NO3PS/c1-4-9-5-6-10(7,8-2)11-3/h5H,4H2,1-3H3. The summed E-state index contributed by atoms with van der Waals surface area (Å²) in [7, 11) is 1.36. The van der Waals surface area contributed by atoms with Crippen LogP contribution in [0, 0.1) is 0 Å². The lowest BCUT2D eigenvalue weighted by molar-refractivity contribution is 0.342. The van der Waals surface area contributed by atoms with E-state index in [-0.39, 0.29) is 0 Å². The lowest BCUT2D eigenvalue weighted by Gasteiger charge is -2.05. The van der Waals surface area contributed by atoms with Crippen LogP contribution in [0.3, 0.4) is 0 Å². The van der Waals surface area contributed by atoms with Crippen LogP contribution < -0.4 is 0 Å². The lowest BCUT2D eigenvalue weighted by atomic mass is 10.9. The Kier molecular flexibility index (Phi) is 5.64. The molecule has 0 aliphatic carbocycles. The zero-order valence-electron chi connectivity index (χ0n) is 6.81. The number of hydrogen-bond acceptors (Lipinski definition) is 4. The van der Waals surface area contributed by atoms with Gasteiger partial charge in [0.25, 0.3) is 0 Å². The molecule has 1 atom stereocenters. The van der Waals surface area contributed by atoms with Crippen LogP contribution in [0.4, 0.5) is 0 Å². The Hall–Kier alpha value is 0.01000. The maximum absolute atomic E-state index is 11.3. The van der Waals surface area contributed by atoms with E-state index in [4.69, 9.17) is 4.74 Å². The molecule has 1 unspecified atom stereocenters. The van der Waals surface area contributed by atoms with Crippen molar-refractivity contribution < 1.29 is 13.8 Å². The molecule has 6 heteroatoms. The van der Waals surface area contributed by atoms with Crippen molar-refractivity contribution >= 4 is 24.5 Å². The third-order valence-corrected chi connectivity index (χ3v) is 4.31. The molecule has 0 heterocycles. The molecule has 66 valence electrons. The fourth-order valence-corrected chi connectivity index (χ4v) is 1.70. The molecule has 0 saturated carbocycles. The molecule has 4 nitrogen and oxygen atoms in total. The van der Waals surface area contributed by atoms with Gasteiger partial charge in [-0.3, -0.25) is 4.57 Å². The van der Waals surface area contributed by atoms with Gasteiger partial charge in [-0.15, -0.1) is 0 Å². The minimum atomic E-state index is -2.85. The van der Waals surface area contributed by atoms with Gasteiger partial charge in [0.1, 0.15) is 0 Å². The number of ether oxygens (including phenoxy) is 1. The number of rotatable bonds is 5. The van der Waals surface area contributed by atoms with Gasteiger partial charge >= 0.3 is 6.72 Å². The Labute approximate surface area is 70.6 Å². The summed E-state index contributed by atoms with van der Waals surface area (Å²) in [5.41, 5.74) is 0. The number of nitrogens with zero attached hydrogens (tertiary/aromatic N) is 1. The van der Waals surface area contributed by atoms with Crippen LogP contribution in [0.2, 0.25) is 0 Å². The summed E-state index contributed by atoms with van der Waals surface area (Å²) in [6, 6.07) is 0. The fourth-order valence-electron chi connectivity index (χ4n) is 0.334. The van der Waals surface area contributed by atoms with Gasteiger partial charge in [-0.1, -0.05) is 0 Å². The molecular weight excluding hydrogens is 185 g/mol. The highest BCUT2D eigenvalue weighted by molar-refractivity contribution is 8.55. The quantitative estimate of drug-likeness (QED) is 0.385. The highest BCUT2D eigenvalue weighted by Gasteiger charge is 2.16. The van der Waals surface area contributed by atoms with E-state index in [9.17, 15) is 4.57 Å². The van der Waals surface area contributed by atoms with E-state index in [1.54, 1.807) is 6.26 Å². The number of hydrogen-bond donors (Lipinski definition) is 0. The van der Waals surface area contributed by atoms with Crippen molar-refractivity contribution in [3.05, 3.63) is 0 Å². The Balaban J connectivity index is 3.97. The summed E-state index contributed by atoms with van der Waals surface area (Å²) in [5.74, 6) is 0. The average Bonchev–Trinajstić information content (AvgIpc) is 2.05. The summed E-state index contributed by atoms with van der Waals surface area (Å²) in [5, 5.41) is 0. The lowest BCUT2D eigenvalue weighted by Crippen LogP contribution is -1.85. The molecule has 0 spiro atoms. The molecule has 0 aliphatic heterocycles. The van der Waals surface area contributed by atoms with Crippen molar-refractivity contribution in [1.29, 1.82) is 0 Å². The highest BCUT2D eigenvalue weighted by Crippen LogP contribution is 2.58. The summed E-state index contributed by atoms with van der Waals surface area (Å²) < 4.78 is 24.4. The van der Waals surface area contributed by atoms with Crippen molar-refractivity contribution in [2.45, 2.75) is 6.92 Å².